The van der Waals surface area contributed by atoms with Crippen LogP contribution in [0.3, 0.4) is 0 Å². The molecule has 6 nitrogen and oxygen atoms in total. The lowest BCUT2D eigenvalue weighted by Gasteiger charge is -2.33. The van der Waals surface area contributed by atoms with Crippen molar-refractivity contribution in [2.24, 2.45) is 0 Å². The zero-order chi connectivity index (χ0) is 15.7. The van der Waals surface area contributed by atoms with Gasteiger partial charge in [-0.25, -0.2) is 0 Å². The molecule has 120 valence electrons. The fourth-order valence-electron chi connectivity index (χ4n) is 2.33. The SMILES string of the molecule is CCCCCCNC(=O)CN1CC(=O)N(CCC)CC1=O. The molecular formula is C15H27N3O3. The number of carbonyl (C=O) groups excluding carboxylic acids is 3. The summed E-state index contributed by atoms with van der Waals surface area (Å²) in [6, 6.07) is 0. The number of unbranched alkanes of at least 4 members (excludes halogenated alkanes) is 3. The Kier molecular flexibility index (Phi) is 7.79. The van der Waals surface area contributed by atoms with Crippen LogP contribution >= 0.6 is 0 Å². The first-order valence-corrected chi connectivity index (χ1v) is 7.90. The molecule has 1 heterocycles. The fraction of sp³-hybridized carbons (Fsp3) is 0.800. The highest BCUT2D eigenvalue weighted by atomic mass is 16.2. The topological polar surface area (TPSA) is 69.7 Å². The zero-order valence-electron chi connectivity index (χ0n) is 13.2. The van der Waals surface area contributed by atoms with E-state index in [1.54, 1.807) is 4.90 Å². The van der Waals surface area contributed by atoms with Crippen molar-refractivity contribution >= 4 is 17.7 Å². The molecule has 0 spiro atoms. The number of nitrogens with zero attached hydrogens (tertiary/aromatic N) is 2. The maximum Gasteiger partial charge on any atom is 0.243 e. The highest BCUT2D eigenvalue weighted by Gasteiger charge is 2.30. The molecule has 0 aromatic carbocycles. The van der Waals surface area contributed by atoms with Crippen molar-refractivity contribution in [2.75, 3.05) is 32.7 Å². The molecule has 1 N–H and O–H groups in total. The summed E-state index contributed by atoms with van der Waals surface area (Å²) in [6.45, 7) is 5.44. The summed E-state index contributed by atoms with van der Waals surface area (Å²) in [5, 5.41) is 2.80. The molecule has 1 rings (SSSR count). The molecule has 0 radical (unpaired) electrons. The molecule has 1 saturated heterocycles. The molecule has 21 heavy (non-hydrogen) atoms. The van der Waals surface area contributed by atoms with E-state index in [0.29, 0.717) is 13.1 Å². The van der Waals surface area contributed by atoms with Gasteiger partial charge in [0.1, 0.15) is 13.1 Å². The second-order valence-electron chi connectivity index (χ2n) is 5.48. The van der Waals surface area contributed by atoms with Crippen molar-refractivity contribution in [3.63, 3.8) is 0 Å². The maximum absolute atomic E-state index is 11.9. The lowest BCUT2D eigenvalue weighted by atomic mass is 10.2. The van der Waals surface area contributed by atoms with Gasteiger partial charge in [0, 0.05) is 13.1 Å². The number of amides is 3. The quantitative estimate of drug-likeness (QED) is 0.639. The molecule has 0 bridgehead atoms. The Bertz CT molecular complexity index is 371. The smallest absolute Gasteiger partial charge is 0.243 e. The summed E-state index contributed by atoms with van der Waals surface area (Å²) in [6.07, 6.45) is 5.22. The normalized spacial score (nSPS) is 15.5. The second-order valence-corrected chi connectivity index (χ2v) is 5.48. The number of piperazine rings is 1. The molecule has 6 heteroatoms. The van der Waals surface area contributed by atoms with Crippen LogP contribution in [0.2, 0.25) is 0 Å². The second kappa shape index (κ2) is 9.37. The predicted molar refractivity (Wildman–Crippen MR) is 80.6 cm³/mol. The third kappa shape index (κ3) is 6.14. The van der Waals surface area contributed by atoms with Crippen LogP contribution in [-0.2, 0) is 14.4 Å². The Balaban J connectivity index is 2.29. The van der Waals surface area contributed by atoms with E-state index in [2.05, 4.69) is 12.2 Å². The average Bonchev–Trinajstić information content (AvgIpc) is 2.44. The van der Waals surface area contributed by atoms with Crippen LogP contribution < -0.4 is 5.32 Å². The van der Waals surface area contributed by atoms with E-state index in [1.165, 1.54) is 11.3 Å². The number of hydrogen-bond acceptors (Lipinski definition) is 3. The number of carbonyl (C=O) groups is 3. The largest absolute Gasteiger partial charge is 0.355 e. The highest BCUT2D eigenvalue weighted by molar-refractivity contribution is 5.94. The summed E-state index contributed by atoms with van der Waals surface area (Å²) in [7, 11) is 0. The van der Waals surface area contributed by atoms with E-state index in [0.717, 1.165) is 25.7 Å². The monoisotopic (exact) mass is 297 g/mol. The Morgan fingerprint density at radius 2 is 1.67 bits per heavy atom. The Hall–Kier alpha value is -1.59. The predicted octanol–water partition coefficient (Wildman–Crippen LogP) is 0.764. The van der Waals surface area contributed by atoms with Crippen LogP contribution in [0.4, 0.5) is 0 Å². The van der Waals surface area contributed by atoms with Crippen molar-refractivity contribution < 1.29 is 14.4 Å². The first kappa shape index (κ1) is 17.5. The minimum Gasteiger partial charge on any atom is -0.355 e. The minimum atomic E-state index is -0.184. The molecule has 0 aromatic heterocycles. The van der Waals surface area contributed by atoms with Gasteiger partial charge in [-0.15, -0.1) is 0 Å². The van der Waals surface area contributed by atoms with E-state index in [-0.39, 0.29) is 37.4 Å². The van der Waals surface area contributed by atoms with Gasteiger partial charge in [-0.3, -0.25) is 14.4 Å². The first-order chi connectivity index (χ1) is 10.1. The van der Waals surface area contributed by atoms with E-state index < -0.39 is 0 Å². The van der Waals surface area contributed by atoms with Gasteiger partial charge in [0.15, 0.2) is 0 Å². The summed E-state index contributed by atoms with van der Waals surface area (Å²) in [5.41, 5.74) is 0. The lowest BCUT2D eigenvalue weighted by molar-refractivity contribution is -0.151. The van der Waals surface area contributed by atoms with Crippen molar-refractivity contribution in [1.82, 2.24) is 15.1 Å². The van der Waals surface area contributed by atoms with E-state index in [9.17, 15) is 14.4 Å². The van der Waals surface area contributed by atoms with Gasteiger partial charge >= 0.3 is 0 Å². The zero-order valence-corrected chi connectivity index (χ0v) is 13.2. The molecule has 1 aliphatic rings. The molecule has 1 fully saturated rings. The Labute approximate surface area is 126 Å². The molecule has 3 amide bonds. The van der Waals surface area contributed by atoms with Crippen molar-refractivity contribution in [3.05, 3.63) is 0 Å². The molecular weight excluding hydrogens is 270 g/mol. The van der Waals surface area contributed by atoms with E-state index >= 15 is 0 Å². The number of rotatable bonds is 9. The van der Waals surface area contributed by atoms with Crippen molar-refractivity contribution in [3.8, 4) is 0 Å². The summed E-state index contributed by atoms with van der Waals surface area (Å²) in [4.78, 5) is 38.5. The van der Waals surface area contributed by atoms with Gasteiger partial charge in [-0.05, 0) is 12.8 Å². The van der Waals surface area contributed by atoms with Gasteiger partial charge in [0.2, 0.25) is 17.7 Å². The Morgan fingerprint density at radius 1 is 1.00 bits per heavy atom. The van der Waals surface area contributed by atoms with Gasteiger partial charge in [-0.1, -0.05) is 33.1 Å². The lowest BCUT2D eigenvalue weighted by Crippen LogP contribution is -2.55. The maximum atomic E-state index is 11.9. The van der Waals surface area contributed by atoms with Gasteiger partial charge in [-0.2, -0.15) is 0 Å². The fourth-order valence-corrected chi connectivity index (χ4v) is 2.33. The third-order valence-electron chi connectivity index (χ3n) is 3.54. The van der Waals surface area contributed by atoms with Gasteiger partial charge < -0.3 is 15.1 Å². The third-order valence-corrected chi connectivity index (χ3v) is 3.54. The summed E-state index contributed by atoms with van der Waals surface area (Å²) < 4.78 is 0. The molecule has 1 aliphatic heterocycles. The highest BCUT2D eigenvalue weighted by Crippen LogP contribution is 2.05. The van der Waals surface area contributed by atoms with Crippen LogP contribution in [-0.4, -0.2) is 60.2 Å². The average molecular weight is 297 g/mol. The van der Waals surface area contributed by atoms with Crippen molar-refractivity contribution in [1.29, 1.82) is 0 Å². The van der Waals surface area contributed by atoms with Gasteiger partial charge in [0.05, 0.1) is 6.54 Å². The van der Waals surface area contributed by atoms with Crippen LogP contribution in [0.15, 0.2) is 0 Å². The molecule has 0 atom stereocenters. The van der Waals surface area contributed by atoms with Crippen LogP contribution in [0.25, 0.3) is 0 Å². The van der Waals surface area contributed by atoms with Gasteiger partial charge in [0.25, 0.3) is 0 Å². The van der Waals surface area contributed by atoms with E-state index in [4.69, 9.17) is 0 Å². The van der Waals surface area contributed by atoms with Crippen molar-refractivity contribution in [2.45, 2.75) is 46.0 Å². The molecule has 0 saturated carbocycles. The minimum absolute atomic E-state index is 0.0156. The van der Waals surface area contributed by atoms with Crippen LogP contribution in [0.1, 0.15) is 46.0 Å². The van der Waals surface area contributed by atoms with E-state index in [1.807, 2.05) is 6.92 Å². The van der Waals surface area contributed by atoms with Crippen LogP contribution in [0, 0.1) is 0 Å². The number of nitrogens with one attached hydrogen (secondary N) is 1. The Morgan fingerprint density at radius 3 is 2.33 bits per heavy atom. The molecule has 0 unspecified atom stereocenters. The van der Waals surface area contributed by atoms with Crippen LogP contribution in [0.5, 0.6) is 0 Å². The summed E-state index contributed by atoms with van der Waals surface area (Å²) >= 11 is 0. The molecule has 0 aromatic rings. The standard InChI is InChI=1S/C15H27N3O3/c1-3-5-6-7-8-16-13(19)10-18-12-14(20)17(9-4-2)11-15(18)21/h3-12H2,1-2H3,(H,16,19). The summed E-state index contributed by atoms with van der Waals surface area (Å²) in [5.74, 6) is -0.409. The molecule has 0 aliphatic carbocycles. The number of hydrogen-bond donors (Lipinski definition) is 1. The first-order valence-electron chi connectivity index (χ1n) is 7.90.